The maximum atomic E-state index is 5.93. The molecule has 86 valence electrons. The largest absolute Gasteiger partial charge is 0.329 e. The van der Waals surface area contributed by atoms with E-state index in [1.807, 2.05) is 30.0 Å². The van der Waals surface area contributed by atoms with Crippen molar-refractivity contribution in [2.45, 2.75) is 24.3 Å². The lowest BCUT2D eigenvalue weighted by molar-refractivity contribution is 0.928. The normalized spacial score (nSPS) is 12.3. The summed E-state index contributed by atoms with van der Waals surface area (Å²) >= 11 is 7.81. The van der Waals surface area contributed by atoms with Gasteiger partial charge in [0, 0.05) is 16.8 Å². The highest BCUT2D eigenvalue weighted by molar-refractivity contribution is 8.00. The van der Waals surface area contributed by atoms with Gasteiger partial charge in [0.15, 0.2) is 0 Å². The maximum absolute atomic E-state index is 5.93. The summed E-state index contributed by atoms with van der Waals surface area (Å²) in [5.41, 5.74) is 6.96. The minimum Gasteiger partial charge on any atom is -0.329 e. The third-order valence-corrected chi connectivity index (χ3v) is 3.44. The first kappa shape index (κ1) is 15.1. The molecule has 0 aliphatic rings. The van der Waals surface area contributed by atoms with Crippen molar-refractivity contribution in [3.05, 3.63) is 34.9 Å². The lowest BCUT2D eigenvalue weighted by Gasteiger charge is -2.17. The van der Waals surface area contributed by atoms with Gasteiger partial charge in [0.1, 0.15) is 0 Å². The molecule has 0 heterocycles. The molecule has 1 atom stereocenters. The van der Waals surface area contributed by atoms with Gasteiger partial charge in [0.25, 0.3) is 0 Å². The van der Waals surface area contributed by atoms with Crippen LogP contribution in [0.5, 0.6) is 0 Å². The first-order chi connectivity index (χ1) is 6.63. The van der Waals surface area contributed by atoms with Crippen molar-refractivity contribution in [2.75, 3.05) is 6.54 Å². The Balaban J connectivity index is 0.00000196. The Kier molecular flexibility index (Phi) is 7.45. The van der Waals surface area contributed by atoms with Crippen LogP contribution in [0.2, 0.25) is 5.02 Å². The fraction of sp³-hybridized carbons (Fsp3) is 0.455. The second kappa shape index (κ2) is 7.39. The molecule has 4 heteroatoms. The Morgan fingerprint density at radius 3 is 2.53 bits per heavy atom. The fourth-order valence-electron chi connectivity index (χ4n) is 1.31. The average molecular weight is 266 g/mol. The van der Waals surface area contributed by atoms with Gasteiger partial charge >= 0.3 is 0 Å². The van der Waals surface area contributed by atoms with E-state index in [9.17, 15) is 0 Å². The van der Waals surface area contributed by atoms with E-state index < -0.39 is 0 Å². The lowest BCUT2D eigenvalue weighted by Crippen LogP contribution is -2.11. The highest BCUT2D eigenvalue weighted by Gasteiger charge is 2.11. The number of hydrogen-bond donors (Lipinski definition) is 1. The van der Waals surface area contributed by atoms with Gasteiger partial charge in [-0.3, -0.25) is 0 Å². The van der Waals surface area contributed by atoms with Crippen LogP contribution in [0, 0.1) is 0 Å². The van der Waals surface area contributed by atoms with Gasteiger partial charge in [-0.15, -0.1) is 24.2 Å². The number of nitrogens with two attached hydrogens (primary N) is 1. The van der Waals surface area contributed by atoms with E-state index in [-0.39, 0.29) is 12.4 Å². The van der Waals surface area contributed by atoms with Crippen molar-refractivity contribution in [2.24, 2.45) is 5.73 Å². The summed E-state index contributed by atoms with van der Waals surface area (Å²) in [5, 5.41) is 1.72. The van der Waals surface area contributed by atoms with Crippen LogP contribution >= 0.6 is 35.8 Å². The second-order valence-electron chi connectivity index (χ2n) is 3.46. The van der Waals surface area contributed by atoms with E-state index in [1.165, 1.54) is 5.56 Å². The molecule has 2 N–H and O–H groups in total. The van der Waals surface area contributed by atoms with E-state index in [0.717, 1.165) is 5.02 Å². The van der Waals surface area contributed by atoms with Gasteiger partial charge in [-0.1, -0.05) is 37.6 Å². The molecule has 0 aliphatic heterocycles. The van der Waals surface area contributed by atoms with Crippen molar-refractivity contribution in [3.63, 3.8) is 0 Å². The standard InChI is InChI=1S/C11H16ClNS.ClH/c1-8(2)14-11(7-13)9-4-3-5-10(12)6-9;/h3-6,8,11H,7,13H2,1-2H3;1H. The Bertz CT molecular complexity index is 292. The van der Waals surface area contributed by atoms with E-state index in [4.69, 9.17) is 17.3 Å². The Morgan fingerprint density at radius 1 is 1.40 bits per heavy atom. The summed E-state index contributed by atoms with van der Waals surface area (Å²) in [6.45, 7) is 5.01. The molecule has 0 aromatic heterocycles. The highest BCUT2D eigenvalue weighted by Crippen LogP contribution is 2.32. The summed E-state index contributed by atoms with van der Waals surface area (Å²) in [7, 11) is 0. The third kappa shape index (κ3) is 5.12. The van der Waals surface area contributed by atoms with Crippen molar-refractivity contribution in [1.29, 1.82) is 0 Å². The summed E-state index contributed by atoms with van der Waals surface area (Å²) in [5.74, 6) is 0. The Labute approximate surface area is 107 Å². The topological polar surface area (TPSA) is 26.0 Å². The van der Waals surface area contributed by atoms with E-state index in [0.29, 0.717) is 17.0 Å². The third-order valence-electron chi connectivity index (χ3n) is 1.87. The molecule has 0 bridgehead atoms. The molecule has 0 saturated heterocycles. The SMILES string of the molecule is CC(C)SC(CN)c1cccc(Cl)c1.Cl. The highest BCUT2D eigenvalue weighted by atomic mass is 35.5. The lowest BCUT2D eigenvalue weighted by atomic mass is 10.1. The second-order valence-corrected chi connectivity index (χ2v) is 5.68. The molecule has 0 saturated carbocycles. The quantitative estimate of drug-likeness (QED) is 0.894. The van der Waals surface area contributed by atoms with Crippen LogP contribution in [0.3, 0.4) is 0 Å². The molecule has 1 aromatic rings. The molecule has 1 unspecified atom stereocenters. The zero-order valence-electron chi connectivity index (χ0n) is 8.94. The van der Waals surface area contributed by atoms with Gasteiger partial charge in [0.05, 0.1) is 0 Å². The zero-order valence-corrected chi connectivity index (χ0v) is 11.3. The molecule has 0 radical (unpaired) electrons. The van der Waals surface area contributed by atoms with Crippen molar-refractivity contribution >= 4 is 35.8 Å². The van der Waals surface area contributed by atoms with Crippen molar-refractivity contribution in [1.82, 2.24) is 0 Å². The van der Waals surface area contributed by atoms with Gasteiger partial charge < -0.3 is 5.73 Å². The Morgan fingerprint density at radius 2 is 2.07 bits per heavy atom. The number of benzene rings is 1. The van der Waals surface area contributed by atoms with Crippen molar-refractivity contribution < 1.29 is 0 Å². The smallest absolute Gasteiger partial charge is 0.0422 e. The minimum atomic E-state index is 0. The number of hydrogen-bond acceptors (Lipinski definition) is 2. The molecule has 1 aromatic carbocycles. The summed E-state index contributed by atoms with van der Waals surface area (Å²) in [6.07, 6.45) is 0. The van der Waals surface area contributed by atoms with E-state index in [2.05, 4.69) is 19.9 Å². The zero-order chi connectivity index (χ0) is 10.6. The van der Waals surface area contributed by atoms with Crippen LogP contribution in [0.1, 0.15) is 24.7 Å². The summed E-state index contributed by atoms with van der Waals surface area (Å²) < 4.78 is 0. The van der Waals surface area contributed by atoms with Crippen molar-refractivity contribution in [3.8, 4) is 0 Å². The van der Waals surface area contributed by atoms with Gasteiger partial charge in [-0.25, -0.2) is 0 Å². The summed E-state index contributed by atoms with van der Waals surface area (Å²) in [6, 6.07) is 7.94. The number of halogens is 2. The molecule has 0 aliphatic carbocycles. The fourth-order valence-corrected chi connectivity index (χ4v) is 2.58. The monoisotopic (exact) mass is 265 g/mol. The summed E-state index contributed by atoms with van der Waals surface area (Å²) in [4.78, 5) is 0. The predicted octanol–water partition coefficient (Wildman–Crippen LogP) is 3.90. The Hall–Kier alpha value is 0.110. The van der Waals surface area contributed by atoms with Crippen LogP contribution in [0.4, 0.5) is 0 Å². The van der Waals surface area contributed by atoms with Crippen LogP contribution < -0.4 is 5.73 Å². The van der Waals surface area contributed by atoms with E-state index in [1.54, 1.807) is 0 Å². The first-order valence-electron chi connectivity index (χ1n) is 4.74. The molecular formula is C11H17Cl2NS. The van der Waals surface area contributed by atoms with Crippen LogP contribution in [0.25, 0.3) is 0 Å². The van der Waals surface area contributed by atoms with Crippen LogP contribution in [-0.2, 0) is 0 Å². The molecule has 0 fully saturated rings. The van der Waals surface area contributed by atoms with Crippen LogP contribution in [-0.4, -0.2) is 11.8 Å². The minimum absolute atomic E-state index is 0. The number of thioether (sulfide) groups is 1. The molecule has 1 rings (SSSR count). The first-order valence-corrected chi connectivity index (χ1v) is 6.06. The maximum Gasteiger partial charge on any atom is 0.0422 e. The average Bonchev–Trinajstić information content (AvgIpc) is 2.14. The van der Waals surface area contributed by atoms with Gasteiger partial charge in [-0.2, -0.15) is 0 Å². The molecule has 1 nitrogen and oxygen atoms in total. The molecule has 0 spiro atoms. The van der Waals surface area contributed by atoms with Crippen LogP contribution in [0.15, 0.2) is 24.3 Å². The molecule has 15 heavy (non-hydrogen) atoms. The molecule has 0 amide bonds. The van der Waals surface area contributed by atoms with E-state index >= 15 is 0 Å². The predicted molar refractivity (Wildman–Crippen MR) is 73.2 cm³/mol. The van der Waals surface area contributed by atoms with Gasteiger partial charge in [-0.05, 0) is 22.9 Å². The number of rotatable bonds is 4. The molecular weight excluding hydrogens is 249 g/mol. The van der Waals surface area contributed by atoms with Gasteiger partial charge in [0.2, 0.25) is 0 Å².